The number of hydrogen-bond acceptors (Lipinski definition) is 4. The molecule has 0 spiro atoms. The van der Waals surface area contributed by atoms with E-state index in [-0.39, 0.29) is 10.8 Å². The Morgan fingerprint density at radius 3 is 1.78 bits per heavy atom. The standard InChI is InChI=1S/C19H27N3O/c1-12-8-9-16(22-21-12)20-13-10-14(18(2,3)4)17(23)15(11-13)19(5,6)7/h8-11,23H,1-7H3,(H,20,22). The van der Waals surface area contributed by atoms with Gasteiger partial charge in [-0.05, 0) is 42.0 Å². The van der Waals surface area contributed by atoms with Gasteiger partial charge in [-0.25, -0.2) is 0 Å². The second-order valence-electron chi connectivity index (χ2n) is 8.10. The molecule has 0 atom stereocenters. The van der Waals surface area contributed by atoms with Gasteiger partial charge < -0.3 is 10.4 Å². The van der Waals surface area contributed by atoms with E-state index in [0.29, 0.717) is 11.6 Å². The molecule has 0 saturated carbocycles. The molecule has 0 bridgehead atoms. The lowest BCUT2D eigenvalue weighted by Gasteiger charge is -2.28. The molecule has 23 heavy (non-hydrogen) atoms. The maximum Gasteiger partial charge on any atom is 0.153 e. The van der Waals surface area contributed by atoms with Crippen LogP contribution in [0.5, 0.6) is 5.75 Å². The highest BCUT2D eigenvalue weighted by atomic mass is 16.3. The Kier molecular flexibility index (Phi) is 4.38. The van der Waals surface area contributed by atoms with E-state index in [4.69, 9.17) is 0 Å². The summed E-state index contributed by atoms with van der Waals surface area (Å²) in [6, 6.07) is 7.81. The van der Waals surface area contributed by atoms with E-state index >= 15 is 0 Å². The van der Waals surface area contributed by atoms with Crippen molar-refractivity contribution in [2.24, 2.45) is 0 Å². The van der Waals surface area contributed by atoms with Gasteiger partial charge in [-0.1, -0.05) is 41.5 Å². The Morgan fingerprint density at radius 1 is 0.870 bits per heavy atom. The van der Waals surface area contributed by atoms with Crippen molar-refractivity contribution in [1.82, 2.24) is 10.2 Å². The topological polar surface area (TPSA) is 58.0 Å². The van der Waals surface area contributed by atoms with Crippen molar-refractivity contribution in [2.75, 3.05) is 5.32 Å². The minimum atomic E-state index is -0.152. The van der Waals surface area contributed by atoms with Crippen LogP contribution in [0.2, 0.25) is 0 Å². The SMILES string of the molecule is Cc1ccc(Nc2cc(C(C)(C)C)c(O)c(C(C)(C)C)c2)nn1. The smallest absolute Gasteiger partial charge is 0.153 e. The molecule has 0 saturated heterocycles. The van der Waals surface area contributed by atoms with Crippen LogP contribution in [0, 0.1) is 6.92 Å². The molecule has 1 heterocycles. The fraction of sp³-hybridized carbons (Fsp3) is 0.474. The van der Waals surface area contributed by atoms with Crippen molar-refractivity contribution in [3.8, 4) is 5.75 Å². The Hall–Kier alpha value is -2.10. The molecule has 2 N–H and O–H groups in total. The third-order valence-corrected chi connectivity index (χ3v) is 3.80. The number of benzene rings is 1. The van der Waals surface area contributed by atoms with Gasteiger partial charge in [-0.15, -0.1) is 5.10 Å². The van der Waals surface area contributed by atoms with E-state index in [0.717, 1.165) is 22.5 Å². The van der Waals surface area contributed by atoms with Gasteiger partial charge in [0.15, 0.2) is 5.82 Å². The number of aromatic nitrogens is 2. The Balaban J connectivity index is 2.53. The summed E-state index contributed by atoms with van der Waals surface area (Å²) in [5, 5.41) is 22.3. The summed E-state index contributed by atoms with van der Waals surface area (Å²) in [7, 11) is 0. The van der Waals surface area contributed by atoms with Crippen molar-refractivity contribution in [3.63, 3.8) is 0 Å². The van der Waals surface area contributed by atoms with E-state index < -0.39 is 0 Å². The van der Waals surface area contributed by atoms with E-state index in [9.17, 15) is 5.11 Å². The molecule has 0 aliphatic rings. The number of nitrogens with one attached hydrogen (secondary N) is 1. The predicted octanol–water partition coefficient (Wildman–Crippen LogP) is 4.83. The summed E-state index contributed by atoms with van der Waals surface area (Å²) < 4.78 is 0. The van der Waals surface area contributed by atoms with Gasteiger partial charge in [0.1, 0.15) is 5.75 Å². The zero-order valence-electron chi connectivity index (χ0n) is 15.2. The van der Waals surface area contributed by atoms with Crippen molar-refractivity contribution in [2.45, 2.75) is 59.3 Å². The van der Waals surface area contributed by atoms with Crippen LogP contribution in [0.3, 0.4) is 0 Å². The van der Waals surface area contributed by atoms with E-state index in [1.54, 1.807) is 0 Å². The fourth-order valence-electron chi connectivity index (χ4n) is 2.46. The average Bonchev–Trinajstić information content (AvgIpc) is 2.40. The first-order chi connectivity index (χ1) is 10.5. The quantitative estimate of drug-likeness (QED) is 0.780. The zero-order chi connectivity index (χ0) is 17.4. The van der Waals surface area contributed by atoms with Crippen LogP contribution in [0.4, 0.5) is 11.5 Å². The zero-order valence-corrected chi connectivity index (χ0v) is 15.2. The summed E-state index contributed by atoms with van der Waals surface area (Å²) in [5.74, 6) is 1.08. The average molecular weight is 313 g/mol. The normalized spacial score (nSPS) is 12.3. The van der Waals surface area contributed by atoms with E-state index in [2.05, 4.69) is 57.1 Å². The lowest BCUT2D eigenvalue weighted by atomic mass is 9.79. The van der Waals surface area contributed by atoms with Gasteiger partial charge in [0, 0.05) is 16.8 Å². The number of aromatic hydroxyl groups is 1. The number of phenols is 1. The molecule has 2 rings (SSSR count). The molecular weight excluding hydrogens is 286 g/mol. The van der Waals surface area contributed by atoms with Gasteiger partial charge in [-0.2, -0.15) is 5.10 Å². The second kappa shape index (κ2) is 5.84. The molecule has 0 amide bonds. The van der Waals surface area contributed by atoms with E-state index in [1.807, 2.05) is 31.2 Å². The highest BCUT2D eigenvalue weighted by molar-refractivity contribution is 5.63. The lowest BCUT2D eigenvalue weighted by Crippen LogP contribution is -2.17. The number of rotatable bonds is 2. The van der Waals surface area contributed by atoms with Crippen molar-refractivity contribution >= 4 is 11.5 Å². The largest absolute Gasteiger partial charge is 0.507 e. The third kappa shape index (κ3) is 4.01. The lowest BCUT2D eigenvalue weighted by molar-refractivity contribution is 0.423. The van der Waals surface area contributed by atoms with Crippen LogP contribution in [0.25, 0.3) is 0 Å². The first-order valence-corrected chi connectivity index (χ1v) is 7.94. The maximum absolute atomic E-state index is 10.7. The molecule has 0 radical (unpaired) electrons. The van der Waals surface area contributed by atoms with E-state index in [1.165, 1.54) is 0 Å². The molecule has 4 nitrogen and oxygen atoms in total. The molecule has 4 heteroatoms. The number of hydrogen-bond donors (Lipinski definition) is 2. The Labute approximate surface area is 139 Å². The number of nitrogens with zero attached hydrogens (tertiary/aromatic N) is 2. The maximum atomic E-state index is 10.7. The molecule has 0 aliphatic heterocycles. The molecule has 124 valence electrons. The number of anilines is 2. The van der Waals surface area contributed by atoms with Gasteiger partial charge in [0.25, 0.3) is 0 Å². The number of aryl methyl sites for hydroxylation is 1. The minimum Gasteiger partial charge on any atom is -0.507 e. The summed E-state index contributed by atoms with van der Waals surface area (Å²) in [4.78, 5) is 0. The fourth-order valence-corrected chi connectivity index (χ4v) is 2.46. The monoisotopic (exact) mass is 313 g/mol. The van der Waals surface area contributed by atoms with Crippen LogP contribution in [-0.2, 0) is 10.8 Å². The van der Waals surface area contributed by atoms with Crippen LogP contribution in [-0.4, -0.2) is 15.3 Å². The predicted molar refractivity (Wildman–Crippen MR) is 95.6 cm³/mol. The molecule has 2 aromatic rings. The summed E-state index contributed by atoms with van der Waals surface area (Å²) in [5.41, 5.74) is 3.34. The van der Waals surface area contributed by atoms with Crippen LogP contribution in [0.15, 0.2) is 24.3 Å². The highest BCUT2D eigenvalue weighted by Crippen LogP contribution is 2.41. The third-order valence-electron chi connectivity index (χ3n) is 3.80. The van der Waals surface area contributed by atoms with Crippen molar-refractivity contribution < 1.29 is 5.11 Å². The molecule has 1 aromatic heterocycles. The minimum absolute atomic E-state index is 0.152. The van der Waals surface area contributed by atoms with Gasteiger partial charge in [0.2, 0.25) is 0 Å². The molecule has 0 fully saturated rings. The Morgan fingerprint density at radius 2 is 1.39 bits per heavy atom. The molecular formula is C19H27N3O. The van der Waals surface area contributed by atoms with Crippen molar-refractivity contribution in [3.05, 3.63) is 41.1 Å². The Bertz CT molecular complexity index is 657. The highest BCUT2D eigenvalue weighted by Gasteiger charge is 2.26. The van der Waals surface area contributed by atoms with Gasteiger partial charge in [-0.3, -0.25) is 0 Å². The first kappa shape index (κ1) is 17.3. The molecule has 0 unspecified atom stereocenters. The summed E-state index contributed by atoms with van der Waals surface area (Å²) in [6.45, 7) is 14.5. The second-order valence-corrected chi connectivity index (χ2v) is 8.10. The summed E-state index contributed by atoms with van der Waals surface area (Å²) >= 11 is 0. The van der Waals surface area contributed by atoms with Crippen LogP contribution >= 0.6 is 0 Å². The first-order valence-electron chi connectivity index (χ1n) is 7.94. The van der Waals surface area contributed by atoms with Crippen molar-refractivity contribution in [1.29, 1.82) is 0 Å². The van der Waals surface area contributed by atoms with Crippen LogP contribution < -0.4 is 5.32 Å². The van der Waals surface area contributed by atoms with Gasteiger partial charge in [0.05, 0.1) is 5.69 Å². The molecule has 1 aromatic carbocycles. The summed E-state index contributed by atoms with van der Waals surface area (Å²) in [6.07, 6.45) is 0. The molecule has 0 aliphatic carbocycles. The van der Waals surface area contributed by atoms with Crippen LogP contribution in [0.1, 0.15) is 58.4 Å². The number of phenolic OH excluding ortho intramolecular Hbond substituents is 1. The van der Waals surface area contributed by atoms with Gasteiger partial charge >= 0.3 is 0 Å².